The first kappa shape index (κ1) is 38.7. The van der Waals surface area contributed by atoms with Crippen LogP contribution in [0.5, 0.6) is 0 Å². The average molecular weight is 893 g/mol. The first-order valence-electron chi connectivity index (χ1n) is 23.9. The number of hydrogen-bond acceptors (Lipinski definition) is 4. The summed E-state index contributed by atoms with van der Waals surface area (Å²) in [5, 5.41) is 18.2. The van der Waals surface area contributed by atoms with E-state index in [-0.39, 0.29) is 0 Å². The van der Waals surface area contributed by atoms with E-state index in [0.717, 1.165) is 99.5 Å². The zero-order valence-corrected chi connectivity index (χ0v) is 37.8. The van der Waals surface area contributed by atoms with E-state index in [2.05, 4.69) is 252 Å². The Hall–Kier alpha value is -9.38. The molecule has 70 heavy (non-hydrogen) atoms. The third kappa shape index (κ3) is 5.90. The highest BCUT2D eigenvalue weighted by molar-refractivity contribution is 6.22. The van der Waals surface area contributed by atoms with E-state index in [9.17, 15) is 0 Å². The van der Waals surface area contributed by atoms with Gasteiger partial charge in [0.1, 0.15) is 11.2 Å². The van der Waals surface area contributed by atoms with Gasteiger partial charge in [-0.1, -0.05) is 158 Å². The molecule has 0 bridgehead atoms. The Kier molecular flexibility index (Phi) is 8.33. The van der Waals surface area contributed by atoms with Crippen LogP contribution in [0, 0.1) is 0 Å². The van der Waals surface area contributed by atoms with Crippen molar-refractivity contribution >= 4 is 143 Å². The predicted molar refractivity (Wildman–Crippen MR) is 295 cm³/mol. The molecule has 0 aliphatic heterocycles. The number of rotatable bonds is 6. The van der Waals surface area contributed by atoms with Crippen LogP contribution in [-0.2, 0) is 0 Å². The average Bonchev–Trinajstić information content (AvgIpc) is 3.97. The summed E-state index contributed by atoms with van der Waals surface area (Å²) >= 11 is 0. The molecule has 326 valence electrons. The van der Waals surface area contributed by atoms with E-state index in [1.54, 1.807) is 0 Å². The number of fused-ring (bicyclic) bond motifs is 13. The molecule has 0 aliphatic rings. The molecule has 0 fully saturated rings. The van der Waals surface area contributed by atoms with Gasteiger partial charge in [-0.25, -0.2) is 0 Å². The van der Waals surface area contributed by atoms with E-state index in [1.165, 1.54) is 43.1 Å². The fraction of sp³-hybridized carbons (Fsp3) is 0. The molecule has 0 radical (unpaired) electrons. The van der Waals surface area contributed by atoms with Gasteiger partial charge in [0.05, 0.1) is 22.7 Å². The molecule has 0 unspecified atom stereocenters. The van der Waals surface area contributed by atoms with Crippen molar-refractivity contribution in [2.24, 2.45) is 0 Å². The van der Waals surface area contributed by atoms with E-state index in [1.807, 2.05) is 0 Å². The van der Waals surface area contributed by atoms with Gasteiger partial charge in [0.2, 0.25) is 0 Å². The first-order valence-corrected chi connectivity index (χ1v) is 23.9. The summed E-state index contributed by atoms with van der Waals surface area (Å²) in [5.74, 6) is 0. The van der Waals surface area contributed by atoms with E-state index in [4.69, 9.17) is 8.83 Å². The Morgan fingerprint density at radius 1 is 0.214 bits per heavy atom. The summed E-state index contributed by atoms with van der Waals surface area (Å²) in [5.41, 5.74) is 9.82. The lowest BCUT2D eigenvalue weighted by Gasteiger charge is -2.28. The normalized spacial score (nSPS) is 12.0. The Bertz CT molecular complexity index is 4160. The van der Waals surface area contributed by atoms with Crippen LogP contribution < -0.4 is 9.80 Å². The van der Waals surface area contributed by atoms with Gasteiger partial charge in [0, 0.05) is 54.5 Å². The first-order chi connectivity index (χ1) is 34.7. The van der Waals surface area contributed by atoms with Gasteiger partial charge in [-0.3, -0.25) is 0 Å². The predicted octanol–water partition coefficient (Wildman–Crippen LogP) is 19.3. The van der Waals surface area contributed by atoms with Gasteiger partial charge >= 0.3 is 0 Å². The third-order valence-electron chi connectivity index (χ3n) is 14.5. The monoisotopic (exact) mass is 892 g/mol. The van der Waals surface area contributed by atoms with Crippen molar-refractivity contribution in [3.05, 3.63) is 243 Å². The largest absolute Gasteiger partial charge is 0.452 e. The standard InChI is InChI=1S/C66H40N2O2/c1-5-21-51-41(13-1)17-9-25-59(51)67(60-26-10-18-42-14-2-6-22-52(42)60)49-31-29-45-37-57-55-33-34-56-58-38-46-30-32-50(36-48(46)40-64(58)70-66(56)65(55)69-63(57)39-47(45)35-49)68(61-27-11-19-43-15-3-7-23-53(43)61)62-28-12-20-44-16-4-8-24-54(44)62/h1-40H. The van der Waals surface area contributed by atoms with Gasteiger partial charge in [-0.05, 0) is 128 Å². The van der Waals surface area contributed by atoms with Gasteiger partial charge in [0.25, 0.3) is 0 Å². The van der Waals surface area contributed by atoms with Crippen LogP contribution in [0.3, 0.4) is 0 Å². The van der Waals surface area contributed by atoms with Crippen LogP contribution in [-0.4, -0.2) is 0 Å². The summed E-state index contributed by atoms with van der Waals surface area (Å²) in [4.78, 5) is 4.81. The van der Waals surface area contributed by atoms with Gasteiger partial charge in [0.15, 0.2) is 11.2 Å². The molecule has 15 aromatic rings. The molecule has 15 rings (SSSR count). The third-order valence-corrected chi connectivity index (χ3v) is 14.5. The smallest absolute Gasteiger partial charge is 0.178 e. The number of anilines is 6. The van der Waals surface area contributed by atoms with E-state index < -0.39 is 0 Å². The molecule has 0 N–H and O–H groups in total. The minimum atomic E-state index is 0.759. The van der Waals surface area contributed by atoms with Crippen LogP contribution >= 0.6 is 0 Å². The molecule has 0 saturated carbocycles. The molecule has 0 spiro atoms. The zero-order chi connectivity index (χ0) is 45.9. The van der Waals surface area contributed by atoms with Gasteiger partial charge in [-0.15, -0.1) is 0 Å². The molecule has 4 heteroatoms. The summed E-state index contributed by atoms with van der Waals surface area (Å²) < 4.78 is 13.8. The lowest BCUT2D eigenvalue weighted by atomic mass is 10.0. The lowest BCUT2D eigenvalue weighted by Crippen LogP contribution is -2.11. The highest BCUT2D eigenvalue weighted by atomic mass is 16.4. The van der Waals surface area contributed by atoms with Crippen molar-refractivity contribution in [3.8, 4) is 0 Å². The number of hydrogen-bond donors (Lipinski definition) is 0. The molecular weight excluding hydrogens is 853 g/mol. The molecule has 0 aliphatic carbocycles. The van der Waals surface area contributed by atoms with Crippen molar-refractivity contribution in [1.29, 1.82) is 0 Å². The van der Waals surface area contributed by atoms with Crippen molar-refractivity contribution in [3.63, 3.8) is 0 Å². The van der Waals surface area contributed by atoms with Crippen molar-refractivity contribution in [2.75, 3.05) is 9.80 Å². The second-order valence-corrected chi connectivity index (χ2v) is 18.4. The number of benzene rings is 13. The van der Waals surface area contributed by atoms with Crippen LogP contribution in [0.1, 0.15) is 0 Å². The van der Waals surface area contributed by atoms with Gasteiger partial charge < -0.3 is 18.6 Å². The number of furan rings is 2. The van der Waals surface area contributed by atoms with Gasteiger partial charge in [-0.2, -0.15) is 0 Å². The molecule has 4 nitrogen and oxygen atoms in total. The molecule has 13 aromatic carbocycles. The summed E-state index contributed by atoms with van der Waals surface area (Å²) in [6.07, 6.45) is 0. The zero-order valence-electron chi connectivity index (χ0n) is 37.8. The topological polar surface area (TPSA) is 32.8 Å². The Morgan fingerprint density at radius 2 is 0.543 bits per heavy atom. The minimum Gasteiger partial charge on any atom is -0.452 e. The second kappa shape index (κ2) is 15.1. The Morgan fingerprint density at radius 3 is 0.900 bits per heavy atom. The van der Waals surface area contributed by atoms with Crippen LogP contribution in [0.15, 0.2) is 251 Å². The van der Waals surface area contributed by atoms with Crippen LogP contribution in [0.2, 0.25) is 0 Å². The van der Waals surface area contributed by atoms with Crippen molar-refractivity contribution < 1.29 is 8.83 Å². The van der Waals surface area contributed by atoms with Crippen molar-refractivity contribution in [1.82, 2.24) is 0 Å². The SMILES string of the molecule is c1ccc2c(N(c3ccc4cc5c(cc4c3)oc3c5ccc4c5cc6ccc(N(c7cccc8ccccc78)c7cccc8ccccc78)cc6cc5oc43)c3cccc4ccccc34)cccc2c1. The maximum absolute atomic E-state index is 6.89. The molecule has 0 saturated heterocycles. The number of nitrogens with zero attached hydrogens (tertiary/aromatic N) is 2. The molecular formula is C66H40N2O2. The van der Waals surface area contributed by atoms with E-state index in [0.29, 0.717) is 0 Å². The second-order valence-electron chi connectivity index (χ2n) is 18.4. The minimum absolute atomic E-state index is 0.759. The Balaban J connectivity index is 0.875. The van der Waals surface area contributed by atoms with Crippen LogP contribution in [0.4, 0.5) is 34.1 Å². The molecule has 2 heterocycles. The fourth-order valence-corrected chi connectivity index (χ4v) is 11.2. The maximum Gasteiger partial charge on any atom is 0.178 e. The summed E-state index contributed by atoms with van der Waals surface area (Å²) in [6.45, 7) is 0. The fourth-order valence-electron chi connectivity index (χ4n) is 11.2. The summed E-state index contributed by atoms with van der Waals surface area (Å²) in [7, 11) is 0. The highest BCUT2D eigenvalue weighted by Crippen LogP contribution is 2.47. The molecule has 0 amide bonds. The van der Waals surface area contributed by atoms with Crippen molar-refractivity contribution in [2.45, 2.75) is 0 Å². The highest BCUT2D eigenvalue weighted by Gasteiger charge is 2.22. The quantitative estimate of drug-likeness (QED) is 0.166. The summed E-state index contributed by atoms with van der Waals surface area (Å²) in [6, 6.07) is 87.7. The maximum atomic E-state index is 6.89. The Labute approximate surface area is 402 Å². The lowest BCUT2D eigenvalue weighted by molar-refractivity contribution is 0.634. The van der Waals surface area contributed by atoms with Crippen LogP contribution in [0.25, 0.3) is 109 Å². The molecule has 2 aromatic heterocycles. The molecule has 0 atom stereocenters. The van der Waals surface area contributed by atoms with E-state index >= 15 is 0 Å².